The molecule has 0 fully saturated rings. The van der Waals surface area contributed by atoms with Crippen molar-refractivity contribution in [2.45, 2.75) is 13.8 Å². The summed E-state index contributed by atoms with van der Waals surface area (Å²) in [5.74, 6) is -1.94. The summed E-state index contributed by atoms with van der Waals surface area (Å²) in [4.78, 5) is 31.9. The summed E-state index contributed by atoms with van der Waals surface area (Å²) in [5.41, 5.74) is 0.753. The zero-order chi connectivity index (χ0) is 15.1. The van der Waals surface area contributed by atoms with E-state index in [1.165, 1.54) is 18.4 Å². The molecule has 0 amide bonds. The van der Waals surface area contributed by atoms with Crippen molar-refractivity contribution < 1.29 is 29.0 Å². The number of ether oxygens (including phenoxy) is 2. The van der Waals surface area contributed by atoms with E-state index in [-0.39, 0.29) is 23.7 Å². The molecule has 0 aromatic heterocycles. The van der Waals surface area contributed by atoms with Crippen LogP contribution in [0.3, 0.4) is 0 Å². The van der Waals surface area contributed by atoms with Crippen molar-refractivity contribution in [3.05, 3.63) is 47.2 Å². The Hall–Kier alpha value is -2.63. The van der Waals surface area contributed by atoms with Gasteiger partial charge in [0, 0.05) is 0 Å². The van der Waals surface area contributed by atoms with Gasteiger partial charge in [0.05, 0.1) is 23.3 Å². The maximum absolute atomic E-state index is 11.3. The highest BCUT2D eigenvalue weighted by molar-refractivity contribution is 6.02. The van der Waals surface area contributed by atoms with E-state index >= 15 is 0 Å². The Labute approximate surface area is 115 Å². The molecule has 0 aliphatic carbocycles. The quantitative estimate of drug-likeness (QED) is 0.850. The molecule has 20 heavy (non-hydrogen) atoms. The van der Waals surface area contributed by atoms with Gasteiger partial charge in [0.15, 0.2) is 0 Å². The summed E-state index contributed by atoms with van der Waals surface area (Å²) in [6, 6.07) is 5.96. The van der Waals surface area contributed by atoms with Crippen LogP contribution in [0, 0.1) is 0 Å². The van der Waals surface area contributed by atoms with Crippen molar-refractivity contribution in [3.8, 4) is 0 Å². The molecule has 6 heteroatoms. The van der Waals surface area contributed by atoms with Crippen LogP contribution in [-0.2, 0) is 14.3 Å². The molecule has 1 aromatic carbocycles. The first kappa shape index (κ1) is 15.4. The predicted octanol–water partition coefficient (Wildman–Crippen LogP) is 2.01. The van der Waals surface area contributed by atoms with E-state index in [2.05, 4.69) is 4.74 Å². The first-order valence-electron chi connectivity index (χ1n) is 5.84. The number of carbonyl (C=O) groups is 3. The number of aromatic carboxylic acids is 1. The molecular weight excluding hydrogens is 264 g/mol. The predicted molar refractivity (Wildman–Crippen MR) is 69.2 cm³/mol. The average molecular weight is 278 g/mol. The molecule has 1 heterocycles. The highest BCUT2D eigenvalue weighted by Crippen LogP contribution is 2.10. The molecule has 0 atom stereocenters. The van der Waals surface area contributed by atoms with Crippen LogP contribution < -0.4 is 0 Å². The summed E-state index contributed by atoms with van der Waals surface area (Å²) in [6.07, 6.45) is 1.43. The molecule has 1 aromatic rings. The van der Waals surface area contributed by atoms with E-state index in [4.69, 9.17) is 9.84 Å². The number of rotatable bonds is 3. The Balaban J connectivity index is 0.000000276. The third-order valence-corrected chi connectivity index (χ3v) is 2.32. The Kier molecular flexibility index (Phi) is 5.46. The third kappa shape index (κ3) is 3.94. The van der Waals surface area contributed by atoms with Crippen molar-refractivity contribution in [3.63, 3.8) is 0 Å². The number of hydrogen-bond acceptors (Lipinski definition) is 5. The lowest BCUT2D eigenvalue weighted by molar-refractivity contribution is -0.138. The summed E-state index contributed by atoms with van der Waals surface area (Å²) in [7, 11) is 0. The second-order valence-corrected chi connectivity index (χ2v) is 3.78. The van der Waals surface area contributed by atoms with Gasteiger partial charge in [-0.3, -0.25) is 0 Å². The van der Waals surface area contributed by atoms with Crippen molar-refractivity contribution in [2.24, 2.45) is 0 Å². The SMILES string of the molecule is CC1=COC1=O.CCOC(=O)c1ccccc1C(=O)O. The summed E-state index contributed by atoms with van der Waals surface area (Å²) in [5, 5.41) is 8.77. The van der Waals surface area contributed by atoms with E-state index in [0.717, 1.165) is 0 Å². The van der Waals surface area contributed by atoms with E-state index in [9.17, 15) is 14.4 Å². The third-order valence-electron chi connectivity index (χ3n) is 2.32. The van der Waals surface area contributed by atoms with Crippen LogP contribution in [0.1, 0.15) is 34.6 Å². The van der Waals surface area contributed by atoms with Crippen molar-refractivity contribution in [1.82, 2.24) is 0 Å². The molecule has 1 N–H and O–H groups in total. The van der Waals surface area contributed by atoms with E-state index in [1.54, 1.807) is 26.0 Å². The van der Waals surface area contributed by atoms with Crippen LogP contribution in [0.15, 0.2) is 36.1 Å². The molecule has 1 aliphatic rings. The van der Waals surface area contributed by atoms with Gasteiger partial charge in [-0.25, -0.2) is 14.4 Å². The van der Waals surface area contributed by atoms with Gasteiger partial charge < -0.3 is 14.6 Å². The molecule has 0 saturated heterocycles. The number of hydrogen-bond donors (Lipinski definition) is 1. The zero-order valence-corrected chi connectivity index (χ0v) is 11.1. The largest absolute Gasteiger partial charge is 0.478 e. The number of esters is 2. The second kappa shape index (κ2) is 7.08. The molecule has 0 saturated carbocycles. The van der Waals surface area contributed by atoms with Gasteiger partial charge in [0.1, 0.15) is 6.26 Å². The molecular formula is C14H14O6. The van der Waals surface area contributed by atoms with Crippen LogP contribution in [-0.4, -0.2) is 29.6 Å². The van der Waals surface area contributed by atoms with E-state index < -0.39 is 11.9 Å². The fraction of sp³-hybridized carbons (Fsp3) is 0.214. The summed E-state index contributed by atoms with van der Waals surface area (Å²) in [6.45, 7) is 3.61. The summed E-state index contributed by atoms with van der Waals surface area (Å²) >= 11 is 0. The highest BCUT2D eigenvalue weighted by Gasteiger charge is 2.16. The lowest BCUT2D eigenvalue weighted by Crippen LogP contribution is -2.11. The molecule has 1 aliphatic heterocycles. The van der Waals surface area contributed by atoms with Gasteiger partial charge in [-0.15, -0.1) is 0 Å². The zero-order valence-electron chi connectivity index (χ0n) is 11.1. The fourth-order valence-electron chi connectivity index (χ4n) is 1.28. The van der Waals surface area contributed by atoms with Crippen LogP contribution in [0.4, 0.5) is 0 Å². The first-order chi connectivity index (χ1) is 9.47. The molecule has 0 bridgehead atoms. The maximum Gasteiger partial charge on any atom is 0.341 e. The van der Waals surface area contributed by atoms with Crippen LogP contribution in [0.25, 0.3) is 0 Å². The van der Waals surface area contributed by atoms with E-state index in [1.807, 2.05) is 0 Å². The monoisotopic (exact) mass is 278 g/mol. The average Bonchev–Trinajstić information content (AvgIpc) is 2.46. The van der Waals surface area contributed by atoms with E-state index in [0.29, 0.717) is 5.57 Å². The lowest BCUT2D eigenvalue weighted by atomic mass is 10.1. The van der Waals surface area contributed by atoms with Crippen molar-refractivity contribution in [2.75, 3.05) is 6.61 Å². The number of benzene rings is 1. The topological polar surface area (TPSA) is 89.9 Å². The van der Waals surface area contributed by atoms with Gasteiger partial charge in [-0.05, 0) is 26.0 Å². The van der Waals surface area contributed by atoms with Crippen LogP contribution in [0.5, 0.6) is 0 Å². The van der Waals surface area contributed by atoms with Gasteiger partial charge in [-0.1, -0.05) is 12.1 Å². The van der Waals surface area contributed by atoms with Crippen molar-refractivity contribution >= 4 is 17.9 Å². The minimum absolute atomic E-state index is 0.0362. The van der Waals surface area contributed by atoms with Crippen LogP contribution >= 0.6 is 0 Å². The number of carboxylic acid groups (broad SMARTS) is 1. The molecule has 2 rings (SSSR count). The molecule has 0 radical (unpaired) electrons. The summed E-state index contributed by atoms with van der Waals surface area (Å²) < 4.78 is 8.96. The second-order valence-electron chi connectivity index (χ2n) is 3.78. The van der Waals surface area contributed by atoms with Gasteiger partial charge >= 0.3 is 17.9 Å². The lowest BCUT2D eigenvalue weighted by Gasteiger charge is -2.05. The molecule has 0 unspecified atom stereocenters. The Bertz CT molecular complexity index is 559. The minimum Gasteiger partial charge on any atom is -0.478 e. The molecule has 6 nitrogen and oxygen atoms in total. The fourth-order valence-corrected chi connectivity index (χ4v) is 1.28. The minimum atomic E-state index is -1.13. The number of carbonyl (C=O) groups excluding carboxylic acids is 2. The number of cyclic esters (lactones) is 1. The smallest absolute Gasteiger partial charge is 0.341 e. The van der Waals surface area contributed by atoms with Gasteiger partial charge in [0.2, 0.25) is 0 Å². The van der Waals surface area contributed by atoms with Gasteiger partial charge in [-0.2, -0.15) is 0 Å². The Morgan fingerprint density at radius 1 is 1.25 bits per heavy atom. The van der Waals surface area contributed by atoms with Crippen LogP contribution in [0.2, 0.25) is 0 Å². The standard InChI is InChI=1S/C10H10O4.C4H4O2/c1-2-14-10(13)8-6-4-3-5-7(8)9(11)12;1-3-2-6-4(3)5/h3-6H,2H2,1H3,(H,11,12);2H,1H3. The highest BCUT2D eigenvalue weighted by atomic mass is 16.5. The normalized spacial score (nSPS) is 12.1. The number of carboxylic acids is 1. The Morgan fingerprint density at radius 3 is 2.15 bits per heavy atom. The van der Waals surface area contributed by atoms with Gasteiger partial charge in [0.25, 0.3) is 0 Å². The first-order valence-corrected chi connectivity index (χ1v) is 5.84. The maximum atomic E-state index is 11.3. The molecule has 106 valence electrons. The molecule has 0 spiro atoms. The van der Waals surface area contributed by atoms with Crippen molar-refractivity contribution in [1.29, 1.82) is 0 Å². The Morgan fingerprint density at radius 2 is 1.80 bits per heavy atom.